The van der Waals surface area contributed by atoms with Crippen LogP contribution in [0.25, 0.3) is 0 Å². The SMILES string of the molecule is CCNc1ncnc(NC2CC(O)C2(C)C)c1[N+](=O)[O-]. The maximum Gasteiger partial charge on any atom is 0.353 e. The molecule has 8 nitrogen and oxygen atoms in total. The van der Waals surface area contributed by atoms with Crippen molar-refractivity contribution in [3.05, 3.63) is 16.4 Å². The molecule has 2 unspecified atom stereocenters. The summed E-state index contributed by atoms with van der Waals surface area (Å²) in [6.45, 7) is 6.20. The zero-order valence-electron chi connectivity index (χ0n) is 11.8. The molecule has 2 rings (SSSR count). The van der Waals surface area contributed by atoms with E-state index in [1.165, 1.54) is 6.33 Å². The lowest BCUT2D eigenvalue weighted by molar-refractivity contribution is -0.383. The first kappa shape index (κ1) is 14.4. The standard InChI is InChI=1S/C12H19N5O3/c1-4-13-10-9(17(19)20)11(15-6-14-10)16-7-5-8(18)12(7,2)3/h6-8,18H,4-5H2,1-3H3,(H2,13,14,15,16). The molecule has 20 heavy (non-hydrogen) atoms. The van der Waals surface area contributed by atoms with Crippen molar-refractivity contribution in [1.82, 2.24) is 9.97 Å². The molecule has 1 fully saturated rings. The van der Waals surface area contributed by atoms with Crippen LogP contribution < -0.4 is 10.6 Å². The topological polar surface area (TPSA) is 113 Å². The quantitative estimate of drug-likeness (QED) is 0.552. The minimum absolute atomic E-state index is 0.0550. The van der Waals surface area contributed by atoms with Crippen LogP contribution >= 0.6 is 0 Å². The molecule has 1 aliphatic carbocycles. The third-order valence-corrected chi connectivity index (χ3v) is 3.88. The number of anilines is 2. The predicted octanol–water partition coefficient (Wildman–Crippen LogP) is 1.39. The molecule has 0 amide bonds. The Balaban J connectivity index is 2.28. The Hall–Kier alpha value is -1.96. The highest BCUT2D eigenvalue weighted by atomic mass is 16.6. The number of aliphatic hydroxyl groups is 1. The first-order valence-corrected chi connectivity index (χ1v) is 6.55. The van der Waals surface area contributed by atoms with Gasteiger partial charge in [-0.15, -0.1) is 0 Å². The van der Waals surface area contributed by atoms with Crippen LogP contribution in [0.4, 0.5) is 17.3 Å². The van der Waals surface area contributed by atoms with Gasteiger partial charge in [0.25, 0.3) is 0 Å². The Bertz CT molecular complexity index is 520. The Morgan fingerprint density at radius 2 is 2.15 bits per heavy atom. The molecule has 1 aliphatic rings. The molecule has 0 radical (unpaired) electrons. The molecule has 1 saturated carbocycles. The van der Waals surface area contributed by atoms with Crippen molar-refractivity contribution < 1.29 is 10.0 Å². The zero-order valence-corrected chi connectivity index (χ0v) is 11.8. The molecule has 0 spiro atoms. The van der Waals surface area contributed by atoms with Gasteiger partial charge in [-0.1, -0.05) is 13.8 Å². The van der Waals surface area contributed by atoms with E-state index in [1.54, 1.807) is 0 Å². The number of rotatable bonds is 5. The second-order valence-corrected chi connectivity index (χ2v) is 5.48. The van der Waals surface area contributed by atoms with Gasteiger partial charge in [0.15, 0.2) is 0 Å². The largest absolute Gasteiger partial charge is 0.392 e. The van der Waals surface area contributed by atoms with Crippen molar-refractivity contribution in [2.45, 2.75) is 39.3 Å². The Labute approximate surface area is 116 Å². The molecule has 3 N–H and O–H groups in total. The van der Waals surface area contributed by atoms with E-state index in [9.17, 15) is 15.2 Å². The van der Waals surface area contributed by atoms with Gasteiger partial charge in [-0.25, -0.2) is 9.97 Å². The van der Waals surface area contributed by atoms with Crippen molar-refractivity contribution in [3.8, 4) is 0 Å². The number of nitrogens with zero attached hydrogens (tertiary/aromatic N) is 3. The minimum atomic E-state index is -0.498. The van der Waals surface area contributed by atoms with E-state index < -0.39 is 11.0 Å². The zero-order chi connectivity index (χ0) is 14.9. The summed E-state index contributed by atoms with van der Waals surface area (Å²) < 4.78 is 0. The smallest absolute Gasteiger partial charge is 0.353 e. The van der Waals surface area contributed by atoms with Crippen LogP contribution in [0.1, 0.15) is 27.2 Å². The molecule has 110 valence electrons. The number of aliphatic hydroxyl groups excluding tert-OH is 1. The second kappa shape index (κ2) is 5.20. The van der Waals surface area contributed by atoms with E-state index >= 15 is 0 Å². The molecule has 0 aromatic carbocycles. The molecule has 2 atom stereocenters. The number of nitrogens with one attached hydrogen (secondary N) is 2. The molecule has 1 aromatic heterocycles. The first-order valence-electron chi connectivity index (χ1n) is 6.55. The third-order valence-electron chi connectivity index (χ3n) is 3.88. The lowest BCUT2D eigenvalue weighted by Gasteiger charge is -2.49. The van der Waals surface area contributed by atoms with Crippen LogP contribution in [0, 0.1) is 15.5 Å². The summed E-state index contributed by atoms with van der Waals surface area (Å²) in [5, 5.41) is 26.9. The van der Waals surface area contributed by atoms with Crippen LogP contribution in [0.3, 0.4) is 0 Å². The van der Waals surface area contributed by atoms with Gasteiger partial charge in [0.2, 0.25) is 11.6 Å². The fourth-order valence-electron chi connectivity index (χ4n) is 2.27. The van der Waals surface area contributed by atoms with Crippen molar-refractivity contribution in [2.24, 2.45) is 5.41 Å². The molecule has 8 heteroatoms. The van der Waals surface area contributed by atoms with Gasteiger partial charge < -0.3 is 15.7 Å². The molecular formula is C12H19N5O3. The molecular weight excluding hydrogens is 262 g/mol. The highest BCUT2D eigenvalue weighted by Gasteiger charge is 2.48. The normalized spacial score (nSPS) is 23.8. The fraction of sp³-hybridized carbons (Fsp3) is 0.667. The second-order valence-electron chi connectivity index (χ2n) is 5.48. The minimum Gasteiger partial charge on any atom is -0.392 e. The van der Waals surface area contributed by atoms with Crippen LogP contribution in [0.5, 0.6) is 0 Å². The maximum atomic E-state index is 11.2. The average Bonchev–Trinajstić information content (AvgIpc) is 2.38. The molecule has 1 aromatic rings. The van der Waals surface area contributed by atoms with Crippen LogP contribution in [-0.2, 0) is 0 Å². The van der Waals surface area contributed by atoms with Crippen molar-refractivity contribution in [2.75, 3.05) is 17.2 Å². The summed E-state index contributed by atoms with van der Waals surface area (Å²) in [7, 11) is 0. The molecule has 0 bridgehead atoms. The lowest BCUT2D eigenvalue weighted by Crippen LogP contribution is -2.57. The van der Waals surface area contributed by atoms with Crippen LogP contribution in [0.2, 0.25) is 0 Å². The molecule has 0 saturated heterocycles. The van der Waals surface area contributed by atoms with E-state index in [-0.39, 0.29) is 28.8 Å². The van der Waals surface area contributed by atoms with E-state index in [2.05, 4.69) is 20.6 Å². The van der Waals surface area contributed by atoms with Crippen LogP contribution in [0.15, 0.2) is 6.33 Å². The summed E-state index contributed by atoms with van der Waals surface area (Å²) in [6, 6.07) is -0.0550. The number of hydrogen-bond acceptors (Lipinski definition) is 7. The lowest BCUT2D eigenvalue weighted by atomic mass is 9.64. The Morgan fingerprint density at radius 1 is 1.50 bits per heavy atom. The number of aromatic nitrogens is 2. The van der Waals surface area contributed by atoms with Gasteiger partial charge >= 0.3 is 5.69 Å². The third kappa shape index (κ3) is 2.38. The van der Waals surface area contributed by atoms with Crippen molar-refractivity contribution in [1.29, 1.82) is 0 Å². The van der Waals surface area contributed by atoms with Gasteiger partial charge in [0, 0.05) is 18.0 Å². The summed E-state index contributed by atoms with van der Waals surface area (Å²) in [6.07, 6.45) is 1.43. The predicted molar refractivity (Wildman–Crippen MR) is 74.7 cm³/mol. The van der Waals surface area contributed by atoms with Crippen molar-refractivity contribution in [3.63, 3.8) is 0 Å². The summed E-state index contributed by atoms with van der Waals surface area (Å²) in [5.41, 5.74) is -0.497. The highest BCUT2D eigenvalue weighted by molar-refractivity contribution is 5.69. The number of hydrogen-bond donors (Lipinski definition) is 3. The van der Waals surface area contributed by atoms with Gasteiger partial charge in [0.1, 0.15) is 6.33 Å². The monoisotopic (exact) mass is 281 g/mol. The average molecular weight is 281 g/mol. The summed E-state index contributed by atoms with van der Waals surface area (Å²) in [4.78, 5) is 18.6. The number of nitro groups is 1. The fourth-order valence-corrected chi connectivity index (χ4v) is 2.27. The van der Waals surface area contributed by atoms with Gasteiger partial charge in [0.05, 0.1) is 11.0 Å². The van der Waals surface area contributed by atoms with E-state index in [0.29, 0.717) is 13.0 Å². The Kier molecular flexibility index (Phi) is 3.76. The highest BCUT2D eigenvalue weighted by Crippen LogP contribution is 2.43. The van der Waals surface area contributed by atoms with Gasteiger partial charge in [-0.05, 0) is 13.3 Å². The summed E-state index contributed by atoms with van der Waals surface area (Å²) >= 11 is 0. The van der Waals surface area contributed by atoms with Crippen LogP contribution in [-0.4, -0.2) is 38.7 Å². The van der Waals surface area contributed by atoms with E-state index in [0.717, 1.165) is 0 Å². The molecule has 0 aliphatic heterocycles. The first-order chi connectivity index (χ1) is 9.37. The summed E-state index contributed by atoms with van der Waals surface area (Å²) in [5.74, 6) is 0.388. The van der Waals surface area contributed by atoms with E-state index in [4.69, 9.17) is 0 Å². The van der Waals surface area contributed by atoms with E-state index in [1.807, 2.05) is 20.8 Å². The van der Waals surface area contributed by atoms with Gasteiger partial charge in [-0.2, -0.15) is 0 Å². The maximum absolute atomic E-state index is 11.2. The van der Waals surface area contributed by atoms with Crippen molar-refractivity contribution >= 4 is 17.3 Å². The molecule has 1 heterocycles. The Morgan fingerprint density at radius 3 is 2.65 bits per heavy atom. The van der Waals surface area contributed by atoms with Gasteiger partial charge in [-0.3, -0.25) is 10.1 Å².